The molecule has 1 heterocycles. The van der Waals surface area contributed by atoms with Gasteiger partial charge in [-0.25, -0.2) is 0 Å². The second-order valence-corrected chi connectivity index (χ2v) is 10.1. The second-order valence-electron chi connectivity index (χ2n) is 10.1. The number of rotatable bonds is 4. The van der Waals surface area contributed by atoms with Gasteiger partial charge in [0.1, 0.15) is 5.75 Å². The summed E-state index contributed by atoms with van der Waals surface area (Å²) in [4.78, 5) is 27.6. The third-order valence-electron chi connectivity index (χ3n) is 7.72. The standard InChI is InChI=1S/C27H31NO8/c1-12-24(30)19(28)9-22(35-12)36-21-11-27(33,13(2)29)10-18-23(21)26(32)17-8-15-14(7-16(17)25(18)31)5-4-6-20(15)34-3/h4-8,12-13,19,21-22,24,29-30,33H,9-11,28H2,1-3H3/t12-,13?,19-,21-,22-,24+,27-/m0/s1. The van der Waals surface area contributed by atoms with Crippen molar-refractivity contribution >= 4 is 22.3 Å². The molecule has 36 heavy (non-hydrogen) atoms. The van der Waals surface area contributed by atoms with Crippen LogP contribution in [0.1, 0.15) is 53.8 Å². The highest BCUT2D eigenvalue weighted by Crippen LogP contribution is 2.44. The molecule has 1 fully saturated rings. The summed E-state index contributed by atoms with van der Waals surface area (Å²) < 4.78 is 17.4. The number of ketones is 2. The van der Waals surface area contributed by atoms with E-state index in [2.05, 4.69) is 0 Å². The highest BCUT2D eigenvalue weighted by molar-refractivity contribution is 6.29. The first-order chi connectivity index (χ1) is 17.0. The van der Waals surface area contributed by atoms with Crippen molar-refractivity contribution in [2.45, 2.75) is 75.5 Å². The average Bonchev–Trinajstić information content (AvgIpc) is 2.84. The number of benzene rings is 2. The minimum Gasteiger partial charge on any atom is -0.496 e. The van der Waals surface area contributed by atoms with Crippen LogP contribution in [0.4, 0.5) is 0 Å². The first kappa shape index (κ1) is 25.0. The molecule has 1 aliphatic heterocycles. The van der Waals surface area contributed by atoms with Gasteiger partial charge < -0.3 is 35.3 Å². The molecule has 2 aromatic rings. The molecule has 0 bridgehead atoms. The highest BCUT2D eigenvalue weighted by Gasteiger charge is 2.50. The molecule has 5 N–H and O–H groups in total. The first-order valence-corrected chi connectivity index (χ1v) is 12.1. The zero-order valence-electron chi connectivity index (χ0n) is 20.4. The van der Waals surface area contributed by atoms with Crippen molar-refractivity contribution in [3.63, 3.8) is 0 Å². The first-order valence-electron chi connectivity index (χ1n) is 12.1. The maximum atomic E-state index is 13.9. The number of nitrogens with two attached hydrogens (primary N) is 1. The number of Topliss-reactive ketones (excluding diaryl/α,β-unsaturated/α-hetero) is 2. The van der Waals surface area contributed by atoms with Gasteiger partial charge in [-0.05, 0) is 37.4 Å². The van der Waals surface area contributed by atoms with Gasteiger partial charge in [-0.2, -0.15) is 0 Å². The van der Waals surface area contributed by atoms with E-state index in [9.17, 15) is 24.9 Å². The van der Waals surface area contributed by atoms with Gasteiger partial charge in [-0.1, -0.05) is 12.1 Å². The Hall–Kier alpha value is -2.66. The number of methoxy groups -OCH3 is 1. The Kier molecular flexibility index (Phi) is 6.27. The number of fused-ring (bicyclic) bond motifs is 2. The molecule has 0 radical (unpaired) electrons. The van der Waals surface area contributed by atoms with E-state index < -0.39 is 42.3 Å². The van der Waals surface area contributed by atoms with E-state index in [4.69, 9.17) is 19.9 Å². The third kappa shape index (κ3) is 3.96. The van der Waals surface area contributed by atoms with Crippen LogP contribution in [0.3, 0.4) is 0 Å². The molecule has 5 rings (SSSR count). The summed E-state index contributed by atoms with van der Waals surface area (Å²) in [5, 5.41) is 33.2. The number of hydrogen-bond donors (Lipinski definition) is 4. The zero-order valence-corrected chi connectivity index (χ0v) is 20.4. The topological polar surface area (TPSA) is 149 Å². The van der Waals surface area contributed by atoms with E-state index in [0.717, 1.165) is 5.39 Å². The number of hydrogen-bond acceptors (Lipinski definition) is 9. The highest BCUT2D eigenvalue weighted by atomic mass is 16.7. The molecule has 0 saturated carbocycles. The van der Waals surface area contributed by atoms with Crippen LogP contribution < -0.4 is 10.5 Å². The summed E-state index contributed by atoms with van der Waals surface area (Å²) in [5.41, 5.74) is 5.12. The minimum atomic E-state index is -1.68. The van der Waals surface area contributed by atoms with Crippen LogP contribution in [-0.2, 0) is 9.47 Å². The summed E-state index contributed by atoms with van der Waals surface area (Å²) in [6.07, 6.45) is -4.67. The second kappa shape index (κ2) is 9.02. The lowest BCUT2D eigenvalue weighted by Crippen LogP contribution is -2.55. The summed E-state index contributed by atoms with van der Waals surface area (Å²) in [6.45, 7) is 3.11. The Bertz CT molecular complexity index is 1260. The van der Waals surface area contributed by atoms with E-state index >= 15 is 0 Å². The molecule has 0 spiro atoms. The van der Waals surface area contributed by atoms with Gasteiger partial charge in [-0.3, -0.25) is 9.59 Å². The third-order valence-corrected chi connectivity index (χ3v) is 7.72. The molecule has 9 heteroatoms. The number of ether oxygens (including phenoxy) is 3. The summed E-state index contributed by atoms with van der Waals surface area (Å²) in [5.74, 6) is -0.188. The Morgan fingerprint density at radius 1 is 1.19 bits per heavy atom. The van der Waals surface area contributed by atoms with Crippen LogP contribution in [-0.4, -0.2) is 76.3 Å². The predicted molar refractivity (Wildman–Crippen MR) is 130 cm³/mol. The predicted octanol–water partition coefficient (Wildman–Crippen LogP) is 1.64. The van der Waals surface area contributed by atoms with Gasteiger partial charge in [0, 0.05) is 53.0 Å². The number of aliphatic hydroxyl groups excluding tert-OH is 2. The lowest BCUT2D eigenvalue weighted by molar-refractivity contribution is -0.242. The van der Waals surface area contributed by atoms with Crippen molar-refractivity contribution in [3.05, 3.63) is 52.6 Å². The SMILES string of the molecule is COc1cccc2cc3c(cc12)C(=O)C1=C(C[C@@](O)(C(C)O)C[C@@H]1O[C@H]1C[C@H](N)[C@H](O)[C@H](C)O1)C3=O. The van der Waals surface area contributed by atoms with Crippen molar-refractivity contribution in [1.29, 1.82) is 0 Å². The van der Waals surface area contributed by atoms with Crippen molar-refractivity contribution < 1.29 is 39.1 Å². The monoisotopic (exact) mass is 497 g/mol. The molecule has 7 atom stereocenters. The Balaban J connectivity index is 1.59. The van der Waals surface area contributed by atoms with Gasteiger partial charge in [-0.15, -0.1) is 0 Å². The van der Waals surface area contributed by atoms with Crippen molar-refractivity contribution in [1.82, 2.24) is 0 Å². The largest absolute Gasteiger partial charge is 0.496 e. The fraction of sp³-hybridized carbons (Fsp3) is 0.481. The summed E-state index contributed by atoms with van der Waals surface area (Å²) in [6, 6.07) is 8.13. The van der Waals surface area contributed by atoms with Gasteiger partial charge in [0.05, 0.1) is 37.1 Å². The van der Waals surface area contributed by atoms with Crippen LogP contribution >= 0.6 is 0 Å². The summed E-state index contributed by atoms with van der Waals surface area (Å²) in [7, 11) is 1.54. The lowest BCUT2D eigenvalue weighted by atomic mass is 9.69. The van der Waals surface area contributed by atoms with Gasteiger partial charge in [0.15, 0.2) is 17.9 Å². The van der Waals surface area contributed by atoms with Crippen LogP contribution in [0.25, 0.3) is 10.8 Å². The number of carbonyl (C=O) groups excluding carboxylic acids is 2. The average molecular weight is 498 g/mol. The minimum absolute atomic E-state index is 0.110. The van der Waals surface area contributed by atoms with Crippen LogP contribution in [0.2, 0.25) is 0 Å². The maximum Gasteiger partial charge on any atom is 0.192 e. The summed E-state index contributed by atoms with van der Waals surface area (Å²) >= 11 is 0. The fourth-order valence-corrected chi connectivity index (χ4v) is 5.53. The quantitative estimate of drug-likeness (QED) is 0.495. The van der Waals surface area contributed by atoms with Crippen LogP contribution in [0.5, 0.6) is 5.75 Å². The van der Waals surface area contributed by atoms with E-state index in [1.807, 2.05) is 6.07 Å². The smallest absolute Gasteiger partial charge is 0.192 e. The number of carbonyl (C=O) groups is 2. The van der Waals surface area contributed by atoms with E-state index in [0.29, 0.717) is 11.1 Å². The van der Waals surface area contributed by atoms with Gasteiger partial charge in [0.25, 0.3) is 0 Å². The van der Waals surface area contributed by atoms with E-state index in [1.54, 1.807) is 31.2 Å². The molecule has 0 amide bonds. The lowest BCUT2D eigenvalue weighted by Gasteiger charge is -2.44. The molecule has 192 valence electrons. The van der Waals surface area contributed by atoms with Crippen molar-refractivity contribution in [2.75, 3.05) is 7.11 Å². The van der Waals surface area contributed by atoms with Crippen LogP contribution in [0, 0.1) is 0 Å². The molecule has 2 aromatic carbocycles. The van der Waals surface area contributed by atoms with E-state index in [-0.39, 0.29) is 53.1 Å². The molecule has 9 nitrogen and oxygen atoms in total. The molecule has 2 aliphatic carbocycles. The van der Waals surface area contributed by atoms with Crippen LogP contribution in [0.15, 0.2) is 41.5 Å². The molecule has 3 aliphatic rings. The molecular formula is C27H31NO8. The molecular weight excluding hydrogens is 466 g/mol. The zero-order chi connectivity index (χ0) is 25.9. The molecule has 0 aromatic heterocycles. The van der Waals surface area contributed by atoms with Crippen molar-refractivity contribution in [3.8, 4) is 5.75 Å². The fourth-order valence-electron chi connectivity index (χ4n) is 5.53. The number of aliphatic hydroxyl groups is 3. The normalized spacial score (nSPS) is 33.4. The Morgan fingerprint density at radius 2 is 1.92 bits per heavy atom. The molecule has 1 unspecified atom stereocenters. The van der Waals surface area contributed by atoms with Gasteiger partial charge in [0.2, 0.25) is 0 Å². The maximum absolute atomic E-state index is 13.9. The van der Waals surface area contributed by atoms with Gasteiger partial charge >= 0.3 is 0 Å². The Labute approximate surface area is 208 Å². The Morgan fingerprint density at radius 3 is 2.58 bits per heavy atom. The van der Waals surface area contributed by atoms with E-state index in [1.165, 1.54) is 14.0 Å². The molecule has 1 saturated heterocycles. The van der Waals surface area contributed by atoms with Crippen molar-refractivity contribution in [2.24, 2.45) is 5.73 Å².